The van der Waals surface area contributed by atoms with Crippen LogP contribution in [0.15, 0.2) is 0 Å². The Kier molecular flexibility index (Phi) is 4.54. The van der Waals surface area contributed by atoms with E-state index in [4.69, 9.17) is 22.4 Å². The molecule has 8 heteroatoms. The SMILES string of the molecule is CC(C)(SCc1nnc(Cl)s1)[C@@H](N)C(=O)O. The molecule has 1 aromatic rings. The summed E-state index contributed by atoms with van der Waals surface area (Å²) in [5.74, 6) is -0.453. The molecule has 0 saturated heterocycles. The second-order valence-corrected chi connectivity index (χ2v) is 6.93. The molecule has 0 unspecified atom stereocenters. The zero-order chi connectivity index (χ0) is 12.3. The summed E-state index contributed by atoms with van der Waals surface area (Å²) in [4.78, 5) is 10.8. The predicted octanol–water partition coefficient (Wildman–Crippen LogP) is 1.62. The van der Waals surface area contributed by atoms with Crippen molar-refractivity contribution >= 4 is 40.7 Å². The van der Waals surface area contributed by atoms with E-state index in [1.165, 1.54) is 23.1 Å². The fourth-order valence-electron chi connectivity index (χ4n) is 0.926. The molecule has 1 aromatic heterocycles. The Morgan fingerprint density at radius 1 is 1.69 bits per heavy atom. The molecule has 16 heavy (non-hydrogen) atoms. The first-order chi connectivity index (χ1) is 7.33. The van der Waals surface area contributed by atoms with Crippen molar-refractivity contribution in [2.24, 2.45) is 5.73 Å². The minimum Gasteiger partial charge on any atom is -0.480 e. The van der Waals surface area contributed by atoms with E-state index < -0.39 is 16.8 Å². The Balaban J connectivity index is 2.57. The quantitative estimate of drug-likeness (QED) is 0.852. The Morgan fingerprint density at radius 3 is 2.75 bits per heavy atom. The van der Waals surface area contributed by atoms with E-state index in [-0.39, 0.29) is 0 Å². The molecule has 0 radical (unpaired) electrons. The molecule has 0 aliphatic rings. The monoisotopic (exact) mass is 281 g/mol. The summed E-state index contributed by atoms with van der Waals surface area (Å²) < 4.78 is -0.180. The average molecular weight is 282 g/mol. The molecule has 1 atom stereocenters. The number of thioether (sulfide) groups is 1. The molecule has 3 N–H and O–H groups in total. The summed E-state index contributed by atoms with van der Waals surface area (Å²) in [6.07, 6.45) is 0. The van der Waals surface area contributed by atoms with Gasteiger partial charge in [-0.1, -0.05) is 11.3 Å². The smallest absolute Gasteiger partial charge is 0.321 e. The second kappa shape index (κ2) is 5.31. The number of nitrogens with two attached hydrogens (primary N) is 1. The van der Waals surface area contributed by atoms with Crippen LogP contribution in [0.2, 0.25) is 4.47 Å². The maximum absolute atomic E-state index is 10.8. The van der Waals surface area contributed by atoms with Crippen molar-refractivity contribution in [3.63, 3.8) is 0 Å². The molecule has 0 aliphatic carbocycles. The molecule has 0 bridgehead atoms. The van der Waals surface area contributed by atoms with E-state index >= 15 is 0 Å². The number of hydrogen-bond donors (Lipinski definition) is 2. The van der Waals surface area contributed by atoms with Crippen LogP contribution in [0.1, 0.15) is 18.9 Å². The van der Waals surface area contributed by atoms with Gasteiger partial charge in [0.1, 0.15) is 11.0 Å². The van der Waals surface area contributed by atoms with E-state index in [9.17, 15) is 4.79 Å². The topological polar surface area (TPSA) is 89.1 Å². The van der Waals surface area contributed by atoms with Gasteiger partial charge in [-0.3, -0.25) is 4.79 Å². The first kappa shape index (κ1) is 13.7. The molecule has 0 aliphatic heterocycles. The van der Waals surface area contributed by atoms with Crippen LogP contribution in [-0.2, 0) is 10.5 Å². The van der Waals surface area contributed by atoms with Crippen LogP contribution in [0.25, 0.3) is 0 Å². The molecular formula is C8H12ClN3O2S2. The number of hydrogen-bond acceptors (Lipinski definition) is 6. The molecule has 5 nitrogen and oxygen atoms in total. The third-order valence-corrected chi connectivity index (χ3v) is 4.64. The lowest BCUT2D eigenvalue weighted by Crippen LogP contribution is -2.46. The van der Waals surface area contributed by atoms with E-state index in [0.29, 0.717) is 10.2 Å². The van der Waals surface area contributed by atoms with Crippen molar-refractivity contribution in [1.82, 2.24) is 10.2 Å². The molecule has 1 rings (SSSR count). The fourth-order valence-corrected chi connectivity index (χ4v) is 2.84. The third kappa shape index (κ3) is 3.58. The van der Waals surface area contributed by atoms with Gasteiger partial charge in [0.15, 0.2) is 0 Å². The van der Waals surface area contributed by atoms with Gasteiger partial charge in [-0.05, 0) is 25.4 Å². The summed E-state index contributed by atoms with van der Waals surface area (Å²) in [5.41, 5.74) is 5.58. The Hall–Kier alpha value is -0.370. The van der Waals surface area contributed by atoms with Crippen molar-refractivity contribution < 1.29 is 9.90 Å². The van der Waals surface area contributed by atoms with Crippen LogP contribution in [0.3, 0.4) is 0 Å². The van der Waals surface area contributed by atoms with Gasteiger partial charge >= 0.3 is 5.97 Å². The molecule has 0 spiro atoms. The molecule has 1 heterocycles. The van der Waals surface area contributed by atoms with Crippen LogP contribution in [0, 0.1) is 0 Å². The van der Waals surface area contributed by atoms with E-state index in [1.807, 2.05) is 0 Å². The number of aromatic nitrogens is 2. The molecule has 90 valence electrons. The van der Waals surface area contributed by atoms with Crippen LogP contribution in [0.5, 0.6) is 0 Å². The minimum atomic E-state index is -1.01. The Bertz CT molecular complexity index is 383. The predicted molar refractivity (Wildman–Crippen MR) is 65.9 cm³/mol. The largest absolute Gasteiger partial charge is 0.480 e. The van der Waals surface area contributed by atoms with E-state index in [1.54, 1.807) is 13.8 Å². The minimum absolute atomic E-state index is 0.385. The number of aliphatic carboxylic acids is 1. The van der Waals surface area contributed by atoms with Gasteiger partial charge in [0.25, 0.3) is 0 Å². The lowest BCUT2D eigenvalue weighted by Gasteiger charge is -2.27. The van der Waals surface area contributed by atoms with Crippen LogP contribution >= 0.6 is 34.7 Å². The number of carboxylic acids is 1. The van der Waals surface area contributed by atoms with Gasteiger partial charge in [0.2, 0.25) is 4.47 Å². The maximum atomic E-state index is 10.8. The van der Waals surface area contributed by atoms with Gasteiger partial charge in [0.05, 0.1) is 0 Å². The van der Waals surface area contributed by atoms with E-state index in [2.05, 4.69) is 10.2 Å². The number of carboxylic acid groups (broad SMARTS) is 1. The third-order valence-electron chi connectivity index (χ3n) is 2.02. The number of nitrogens with zero attached hydrogens (tertiary/aromatic N) is 2. The summed E-state index contributed by atoms with van der Waals surface area (Å²) in [6.45, 7) is 3.58. The summed E-state index contributed by atoms with van der Waals surface area (Å²) in [6, 6.07) is -0.916. The van der Waals surface area contributed by atoms with Crippen LogP contribution in [0.4, 0.5) is 0 Å². The molecule has 0 aromatic carbocycles. The van der Waals surface area contributed by atoms with Crippen LogP contribution in [-0.4, -0.2) is 32.1 Å². The first-order valence-corrected chi connectivity index (χ1v) is 6.61. The number of halogens is 1. The molecular weight excluding hydrogens is 270 g/mol. The van der Waals surface area contributed by atoms with Gasteiger partial charge in [-0.25, -0.2) is 0 Å². The average Bonchev–Trinajstić information content (AvgIpc) is 2.60. The number of carbonyl (C=O) groups is 1. The van der Waals surface area contributed by atoms with Crippen molar-refractivity contribution in [2.45, 2.75) is 30.4 Å². The zero-order valence-corrected chi connectivity index (χ0v) is 11.2. The highest BCUT2D eigenvalue weighted by Crippen LogP contribution is 2.31. The van der Waals surface area contributed by atoms with Gasteiger partial charge in [-0.2, -0.15) is 0 Å². The summed E-state index contributed by atoms with van der Waals surface area (Å²) >= 11 is 8.35. The standard InChI is InChI=1S/C8H12ClN3O2S2/c1-8(2,5(10)6(13)14)15-3-4-11-12-7(9)16-4/h5H,3,10H2,1-2H3,(H,13,14)/t5-/m0/s1. The van der Waals surface area contributed by atoms with Gasteiger partial charge in [-0.15, -0.1) is 22.0 Å². The van der Waals surface area contributed by atoms with Gasteiger partial charge < -0.3 is 10.8 Å². The van der Waals surface area contributed by atoms with E-state index in [0.717, 1.165) is 5.01 Å². The van der Waals surface area contributed by atoms with Crippen molar-refractivity contribution in [3.8, 4) is 0 Å². The highest BCUT2D eigenvalue weighted by atomic mass is 35.5. The maximum Gasteiger partial charge on any atom is 0.321 e. The molecule has 0 amide bonds. The normalized spacial score (nSPS) is 13.8. The van der Waals surface area contributed by atoms with Crippen molar-refractivity contribution in [3.05, 3.63) is 9.47 Å². The molecule has 0 saturated carbocycles. The molecule has 0 fully saturated rings. The lowest BCUT2D eigenvalue weighted by molar-refractivity contribution is -0.139. The number of rotatable bonds is 5. The summed E-state index contributed by atoms with van der Waals surface area (Å²) in [5, 5.41) is 17.1. The summed E-state index contributed by atoms with van der Waals surface area (Å²) in [7, 11) is 0. The Morgan fingerprint density at radius 2 is 2.31 bits per heavy atom. The van der Waals surface area contributed by atoms with Crippen molar-refractivity contribution in [1.29, 1.82) is 0 Å². The zero-order valence-electron chi connectivity index (χ0n) is 8.81. The van der Waals surface area contributed by atoms with Crippen LogP contribution < -0.4 is 5.73 Å². The highest BCUT2D eigenvalue weighted by molar-refractivity contribution is 8.00. The fraction of sp³-hybridized carbons (Fsp3) is 0.625. The van der Waals surface area contributed by atoms with Gasteiger partial charge in [0, 0.05) is 10.5 Å². The Labute approximate surface area is 106 Å². The first-order valence-electron chi connectivity index (χ1n) is 4.43. The highest BCUT2D eigenvalue weighted by Gasteiger charge is 2.32. The lowest BCUT2D eigenvalue weighted by atomic mass is 10.1. The van der Waals surface area contributed by atoms with Crippen molar-refractivity contribution in [2.75, 3.05) is 0 Å². The second-order valence-electron chi connectivity index (χ2n) is 3.66.